The monoisotopic (exact) mass is 384 g/mol. The number of nitrogens with zero attached hydrogens (tertiary/aromatic N) is 2. The Morgan fingerprint density at radius 2 is 1.69 bits per heavy atom. The molecule has 0 aliphatic heterocycles. The van der Waals surface area contributed by atoms with Gasteiger partial charge < -0.3 is 14.1 Å². The predicted octanol–water partition coefficient (Wildman–Crippen LogP) is 5.41. The van der Waals surface area contributed by atoms with Crippen molar-refractivity contribution in [2.24, 2.45) is 0 Å². The summed E-state index contributed by atoms with van der Waals surface area (Å²) in [5.74, 6) is 2.18. The highest BCUT2D eigenvalue weighted by molar-refractivity contribution is 5.94. The zero-order valence-corrected chi connectivity index (χ0v) is 16.0. The lowest BCUT2D eigenvalue weighted by molar-refractivity contribution is 0.0775. The van der Waals surface area contributed by atoms with E-state index in [2.05, 4.69) is 4.98 Å². The maximum Gasteiger partial charge on any atom is 0.255 e. The predicted molar refractivity (Wildman–Crippen MR) is 111 cm³/mol. The van der Waals surface area contributed by atoms with Gasteiger partial charge in [0.25, 0.3) is 5.91 Å². The van der Waals surface area contributed by atoms with Gasteiger partial charge in [0.05, 0.1) is 24.1 Å². The third-order valence-corrected chi connectivity index (χ3v) is 4.46. The molecule has 29 heavy (non-hydrogen) atoms. The number of carbonyl (C=O) groups is 1. The molecule has 2 aromatic carbocycles. The lowest BCUT2D eigenvalue weighted by Gasteiger charge is -2.15. The van der Waals surface area contributed by atoms with Crippen molar-refractivity contribution >= 4 is 5.91 Å². The summed E-state index contributed by atoms with van der Waals surface area (Å²) in [7, 11) is 1.74. The van der Waals surface area contributed by atoms with Gasteiger partial charge in [-0.05, 0) is 60.7 Å². The van der Waals surface area contributed by atoms with E-state index in [1.165, 1.54) is 0 Å². The summed E-state index contributed by atoms with van der Waals surface area (Å²) < 4.78 is 11.1. The van der Waals surface area contributed by atoms with Crippen molar-refractivity contribution in [2.45, 2.75) is 6.54 Å². The molecule has 0 spiro atoms. The largest absolute Gasteiger partial charge is 0.467 e. The van der Waals surface area contributed by atoms with E-state index in [0.29, 0.717) is 12.1 Å². The second-order valence-electron chi connectivity index (χ2n) is 6.61. The second-order valence-corrected chi connectivity index (χ2v) is 6.61. The molecule has 144 valence electrons. The number of para-hydroxylation sites is 1. The molecule has 0 unspecified atom stereocenters. The van der Waals surface area contributed by atoms with Gasteiger partial charge in [-0.1, -0.05) is 18.2 Å². The fraction of sp³-hybridized carbons (Fsp3) is 0.0833. The van der Waals surface area contributed by atoms with Crippen LogP contribution < -0.4 is 4.74 Å². The fourth-order valence-electron chi connectivity index (χ4n) is 2.94. The zero-order chi connectivity index (χ0) is 20.1. The van der Waals surface area contributed by atoms with Crippen LogP contribution in [0.25, 0.3) is 11.3 Å². The number of aromatic nitrogens is 1. The van der Waals surface area contributed by atoms with Crippen molar-refractivity contribution in [1.82, 2.24) is 9.88 Å². The van der Waals surface area contributed by atoms with E-state index in [-0.39, 0.29) is 5.91 Å². The summed E-state index contributed by atoms with van der Waals surface area (Å²) in [6, 6.07) is 24.6. The molecule has 0 saturated carbocycles. The van der Waals surface area contributed by atoms with Crippen LogP contribution in [0.2, 0.25) is 0 Å². The van der Waals surface area contributed by atoms with Crippen LogP contribution in [0.4, 0.5) is 0 Å². The summed E-state index contributed by atoms with van der Waals surface area (Å²) >= 11 is 0. The molecule has 0 aliphatic rings. The van der Waals surface area contributed by atoms with E-state index in [1.807, 2.05) is 66.7 Å². The van der Waals surface area contributed by atoms with Crippen molar-refractivity contribution < 1.29 is 13.9 Å². The van der Waals surface area contributed by atoms with E-state index in [9.17, 15) is 4.79 Å². The Labute approximate surface area is 169 Å². The van der Waals surface area contributed by atoms with Crippen LogP contribution in [0, 0.1) is 0 Å². The molecule has 2 heterocycles. The molecule has 4 aromatic rings. The van der Waals surface area contributed by atoms with E-state index >= 15 is 0 Å². The number of ether oxygens (including phenoxy) is 1. The van der Waals surface area contributed by atoms with Crippen molar-refractivity contribution in [3.05, 3.63) is 103 Å². The normalized spacial score (nSPS) is 10.5. The zero-order valence-electron chi connectivity index (χ0n) is 16.0. The molecule has 0 atom stereocenters. The molecule has 5 heteroatoms. The van der Waals surface area contributed by atoms with Gasteiger partial charge in [-0.15, -0.1) is 0 Å². The third-order valence-electron chi connectivity index (χ3n) is 4.46. The van der Waals surface area contributed by atoms with Crippen LogP contribution in [0.15, 0.2) is 95.7 Å². The molecule has 0 bridgehead atoms. The number of rotatable bonds is 6. The maximum atomic E-state index is 12.6. The Bertz CT molecular complexity index is 1060. The maximum absolute atomic E-state index is 12.6. The molecule has 2 aromatic heterocycles. The van der Waals surface area contributed by atoms with Gasteiger partial charge in [0.15, 0.2) is 0 Å². The number of carbonyl (C=O) groups excluding carboxylic acids is 1. The number of hydrogen-bond donors (Lipinski definition) is 0. The Morgan fingerprint density at radius 1 is 0.931 bits per heavy atom. The van der Waals surface area contributed by atoms with Crippen molar-refractivity contribution in [3.63, 3.8) is 0 Å². The van der Waals surface area contributed by atoms with Crippen LogP contribution in [-0.2, 0) is 6.54 Å². The van der Waals surface area contributed by atoms with Gasteiger partial charge in [-0.3, -0.25) is 9.78 Å². The highest BCUT2D eigenvalue weighted by Crippen LogP contribution is 2.25. The van der Waals surface area contributed by atoms with E-state index in [0.717, 1.165) is 28.5 Å². The SMILES string of the molecule is CN(Cc1ccco1)C(=O)c1ccc(-c2ccc(Oc3ccccc3)cc2)nc1. The number of furan rings is 1. The number of amides is 1. The molecule has 0 aliphatic carbocycles. The van der Waals surface area contributed by atoms with E-state index < -0.39 is 0 Å². The van der Waals surface area contributed by atoms with Crippen LogP contribution in [0.3, 0.4) is 0 Å². The molecule has 0 N–H and O–H groups in total. The number of hydrogen-bond acceptors (Lipinski definition) is 4. The molecule has 0 saturated heterocycles. The fourth-order valence-corrected chi connectivity index (χ4v) is 2.94. The van der Waals surface area contributed by atoms with E-state index in [1.54, 1.807) is 36.5 Å². The van der Waals surface area contributed by atoms with Gasteiger partial charge in [0, 0.05) is 18.8 Å². The number of pyridine rings is 1. The molecule has 4 rings (SSSR count). The second kappa shape index (κ2) is 8.44. The van der Waals surface area contributed by atoms with Crippen LogP contribution >= 0.6 is 0 Å². The first-order chi connectivity index (χ1) is 14.2. The minimum atomic E-state index is -0.105. The highest BCUT2D eigenvalue weighted by atomic mass is 16.5. The lowest BCUT2D eigenvalue weighted by Crippen LogP contribution is -2.26. The number of benzene rings is 2. The van der Waals surface area contributed by atoms with Gasteiger partial charge in [0.2, 0.25) is 0 Å². The molecule has 0 fully saturated rings. The average molecular weight is 384 g/mol. The van der Waals surface area contributed by atoms with Gasteiger partial charge in [-0.25, -0.2) is 0 Å². The Balaban J connectivity index is 1.42. The summed E-state index contributed by atoms with van der Waals surface area (Å²) in [4.78, 5) is 18.6. The topological polar surface area (TPSA) is 55.6 Å². The smallest absolute Gasteiger partial charge is 0.255 e. The average Bonchev–Trinajstić information content (AvgIpc) is 3.28. The first kappa shape index (κ1) is 18.5. The van der Waals surface area contributed by atoms with Gasteiger partial charge in [0.1, 0.15) is 17.3 Å². The van der Waals surface area contributed by atoms with Crippen LogP contribution in [-0.4, -0.2) is 22.8 Å². The van der Waals surface area contributed by atoms with Gasteiger partial charge in [-0.2, -0.15) is 0 Å². The summed E-state index contributed by atoms with van der Waals surface area (Å²) in [6.45, 7) is 0.413. The van der Waals surface area contributed by atoms with Crippen molar-refractivity contribution in [1.29, 1.82) is 0 Å². The quantitative estimate of drug-likeness (QED) is 0.446. The molecule has 5 nitrogen and oxygen atoms in total. The summed E-state index contributed by atoms with van der Waals surface area (Å²) in [5, 5.41) is 0. The Kier molecular flexibility index (Phi) is 5.38. The third kappa shape index (κ3) is 4.52. The summed E-state index contributed by atoms with van der Waals surface area (Å²) in [5.41, 5.74) is 2.28. The summed E-state index contributed by atoms with van der Waals surface area (Å²) in [6.07, 6.45) is 3.20. The first-order valence-electron chi connectivity index (χ1n) is 9.26. The van der Waals surface area contributed by atoms with Crippen molar-refractivity contribution in [2.75, 3.05) is 7.05 Å². The molecular weight excluding hydrogens is 364 g/mol. The highest BCUT2D eigenvalue weighted by Gasteiger charge is 2.14. The van der Waals surface area contributed by atoms with Crippen LogP contribution in [0.5, 0.6) is 11.5 Å². The lowest BCUT2D eigenvalue weighted by atomic mass is 10.1. The Morgan fingerprint density at radius 3 is 2.34 bits per heavy atom. The van der Waals surface area contributed by atoms with Crippen molar-refractivity contribution in [3.8, 4) is 22.8 Å². The first-order valence-corrected chi connectivity index (χ1v) is 9.26. The Hall–Kier alpha value is -3.86. The molecule has 0 radical (unpaired) electrons. The molecular formula is C24H20N2O3. The minimum absolute atomic E-state index is 0.105. The standard InChI is InChI=1S/C24H20N2O3/c1-26(17-22-8-5-15-28-22)24(27)19-11-14-23(25-16-19)18-9-12-21(13-10-18)29-20-6-3-2-4-7-20/h2-16H,17H2,1H3. The van der Waals surface area contributed by atoms with Crippen LogP contribution in [0.1, 0.15) is 16.1 Å². The molecule has 1 amide bonds. The van der Waals surface area contributed by atoms with E-state index in [4.69, 9.17) is 9.15 Å². The minimum Gasteiger partial charge on any atom is -0.467 e. The van der Waals surface area contributed by atoms with Gasteiger partial charge >= 0.3 is 0 Å².